The fourth-order valence-corrected chi connectivity index (χ4v) is 2.04. The fourth-order valence-electron chi connectivity index (χ4n) is 2.04. The number of nitrogens with one attached hydrogen (secondary N) is 1. The number of aromatic nitrogens is 2. The first kappa shape index (κ1) is 14.5. The summed E-state index contributed by atoms with van der Waals surface area (Å²) in [5.41, 5.74) is -0.972. The van der Waals surface area contributed by atoms with Crippen molar-refractivity contribution < 1.29 is 17.6 Å². The quantitative estimate of drug-likeness (QED) is 0.880. The van der Waals surface area contributed by atoms with Gasteiger partial charge in [0.1, 0.15) is 11.6 Å². The molecule has 0 bridgehead atoms. The predicted molar refractivity (Wildman–Crippen MR) is 65.5 cm³/mol. The van der Waals surface area contributed by atoms with Gasteiger partial charge in [0.05, 0.1) is 11.6 Å². The summed E-state index contributed by atoms with van der Waals surface area (Å²) >= 11 is 0. The second-order valence-corrected chi connectivity index (χ2v) is 4.36. The number of hydrogen-bond acceptors (Lipinski definition) is 2. The highest BCUT2D eigenvalue weighted by Crippen LogP contribution is 2.33. The Labute approximate surface area is 113 Å². The Bertz CT molecular complexity index is 604. The molecule has 1 atom stereocenters. The Balaban J connectivity index is 2.49. The molecule has 0 saturated heterocycles. The van der Waals surface area contributed by atoms with Gasteiger partial charge in [-0.25, -0.2) is 9.37 Å². The molecule has 1 heterocycles. The van der Waals surface area contributed by atoms with Crippen LogP contribution in [0.2, 0.25) is 0 Å². The van der Waals surface area contributed by atoms with E-state index in [-0.39, 0.29) is 0 Å². The summed E-state index contributed by atoms with van der Waals surface area (Å²) in [5.74, 6) is -0.733. The third kappa shape index (κ3) is 2.67. The SMILES string of the molecule is CNC(c1ccc(F)c(C(F)(F)F)c1)c1nccn1C. The molecule has 2 rings (SSSR count). The van der Waals surface area contributed by atoms with Crippen molar-refractivity contribution >= 4 is 0 Å². The number of hydrogen-bond donors (Lipinski definition) is 1. The second kappa shape index (κ2) is 5.24. The monoisotopic (exact) mass is 287 g/mol. The molecule has 20 heavy (non-hydrogen) atoms. The van der Waals surface area contributed by atoms with E-state index in [1.54, 1.807) is 31.1 Å². The van der Waals surface area contributed by atoms with Gasteiger partial charge in [0.25, 0.3) is 0 Å². The molecule has 2 aromatic rings. The van der Waals surface area contributed by atoms with Gasteiger partial charge in [-0.15, -0.1) is 0 Å². The summed E-state index contributed by atoms with van der Waals surface area (Å²) in [6.07, 6.45) is -1.48. The highest BCUT2D eigenvalue weighted by molar-refractivity contribution is 5.32. The molecule has 0 aliphatic rings. The van der Waals surface area contributed by atoms with Crippen molar-refractivity contribution in [2.24, 2.45) is 7.05 Å². The smallest absolute Gasteiger partial charge is 0.336 e. The van der Waals surface area contributed by atoms with Crippen LogP contribution in [0.5, 0.6) is 0 Å². The molecule has 0 amide bonds. The zero-order valence-corrected chi connectivity index (χ0v) is 10.9. The lowest BCUT2D eigenvalue weighted by Crippen LogP contribution is -2.22. The van der Waals surface area contributed by atoms with E-state index in [2.05, 4.69) is 10.3 Å². The fraction of sp³-hybridized carbons (Fsp3) is 0.308. The van der Waals surface area contributed by atoms with Crippen LogP contribution in [0.4, 0.5) is 17.6 Å². The lowest BCUT2D eigenvalue weighted by atomic mass is 10.0. The summed E-state index contributed by atoms with van der Waals surface area (Å²) in [5, 5.41) is 2.89. The molecular weight excluding hydrogens is 274 g/mol. The van der Waals surface area contributed by atoms with Crippen molar-refractivity contribution in [1.29, 1.82) is 0 Å². The third-order valence-corrected chi connectivity index (χ3v) is 3.03. The van der Waals surface area contributed by atoms with E-state index in [1.165, 1.54) is 6.07 Å². The molecule has 7 heteroatoms. The van der Waals surface area contributed by atoms with Gasteiger partial charge in [0.2, 0.25) is 0 Å². The summed E-state index contributed by atoms with van der Waals surface area (Å²) in [6, 6.07) is 2.41. The standard InChI is InChI=1S/C13H13F4N3/c1-18-11(12-19-5-6-20(12)2)8-3-4-10(14)9(7-8)13(15,16)17/h3-7,11,18H,1-2H3. The molecule has 0 aliphatic carbocycles. The lowest BCUT2D eigenvalue weighted by molar-refractivity contribution is -0.140. The van der Waals surface area contributed by atoms with Crippen LogP contribution in [-0.4, -0.2) is 16.6 Å². The molecule has 1 unspecified atom stereocenters. The van der Waals surface area contributed by atoms with Gasteiger partial charge in [-0.2, -0.15) is 13.2 Å². The predicted octanol–water partition coefficient (Wildman–Crippen LogP) is 2.89. The first-order chi connectivity index (χ1) is 9.34. The van der Waals surface area contributed by atoms with E-state index < -0.39 is 23.6 Å². The Kier molecular flexibility index (Phi) is 3.80. The molecule has 108 valence electrons. The number of alkyl halides is 3. The van der Waals surface area contributed by atoms with Crippen LogP contribution in [0.25, 0.3) is 0 Å². The summed E-state index contributed by atoms with van der Waals surface area (Å²) in [7, 11) is 3.34. The Morgan fingerprint density at radius 1 is 1.30 bits per heavy atom. The van der Waals surface area contributed by atoms with E-state index in [9.17, 15) is 17.6 Å². The van der Waals surface area contributed by atoms with Gasteiger partial charge in [-0.3, -0.25) is 0 Å². The molecule has 1 aromatic carbocycles. The molecule has 1 N–H and O–H groups in total. The van der Waals surface area contributed by atoms with Crippen molar-refractivity contribution in [2.75, 3.05) is 7.05 Å². The number of nitrogens with zero attached hydrogens (tertiary/aromatic N) is 2. The molecule has 1 aromatic heterocycles. The number of halogens is 4. The average Bonchev–Trinajstić information content (AvgIpc) is 2.77. The van der Waals surface area contributed by atoms with E-state index in [1.807, 2.05) is 0 Å². The van der Waals surface area contributed by atoms with Crippen LogP contribution in [0.3, 0.4) is 0 Å². The zero-order valence-electron chi connectivity index (χ0n) is 10.9. The van der Waals surface area contributed by atoms with Crippen molar-refractivity contribution in [3.8, 4) is 0 Å². The molecule has 0 spiro atoms. The van der Waals surface area contributed by atoms with E-state index >= 15 is 0 Å². The third-order valence-electron chi connectivity index (χ3n) is 3.03. The van der Waals surface area contributed by atoms with Gasteiger partial charge >= 0.3 is 6.18 Å². The van der Waals surface area contributed by atoms with Gasteiger partial charge in [-0.1, -0.05) is 6.07 Å². The first-order valence-corrected chi connectivity index (χ1v) is 5.85. The van der Waals surface area contributed by atoms with Crippen LogP contribution in [0, 0.1) is 5.82 Å². The number of benzene rings is 1. The summed E-state index contributed by atoms with van der Waals surface area (Å²) in [6.45, 7) is 0. The minimum Gasteiger partial charge on any atom is -0.336 e. The van der Waals surface area contributed by atoms with Gasteiger partial charge < -0.3 is 9.88 Å². The van der Waals surface area contributed by atoms with Gasteiger partial charge in [0, 0.05) is 19.4 Å². The number of rotatable bonds is 3. The Hall–Kier alpha value is -1.89. The van der Waals surface area contributed by atoms with Crippen LogP contribution in [-0.2, 0) is 13.2 Å². The van der Waals surface area contributed by atoms with Crippen molar-refractivity contribution in [2.45, 2.75) is 12.2 Å². The molecule has 0 aliphatic heterocycles. The van der Waals surface area contributed by atoms with Gasteiger partial charge in [0.15, 0.2) is 0 Å². The minimum absolute atomic E-state index is 0.301. The maximum Gasteiger partial charge on any atom is 0.419 e. The van der Waals surface area contributed by atoms with E-state index in [0.29, 0.717) is 11.4 Å². The maximum absolute atomic E-state index is 13.3. The zero-order chi connectivity index (χ0) is 14.9. The molecule has 0 radical (unpaired) electrons. The van der Waals surface area contributed by atoms with E-state index in [4.69, 9.17) is 0 Å². The normalized spacial score (nSPS) is 13.5. The Morgan fingerprint density at radius 2 is 2.00 bits per heavy atom. The topological polar surface area (TPSA) is 29.9 Å². The van der Waals surface area contributed by atoms with Crippen molar-refractivity contribution in [3.63, 3.8) is 0 Å². The van der Waals surface area contributed by atoms with Gasteiger partial charge in [-0.05, 0) is 24.7 Å². The Morgan fingerprint density at radius 3 is 2.50 bits per heavy atom. The summed E-state index contributed by atoms with van der Waals surface area (Å²) in [4.78, 5) is 4.10. The molecule has 3 nitrogen and oxygen atoms in total. The highest BCUT2D eigenvalue weighted by Gasteiger charge is 2.35. The first-order valence-electron chi connectivity index (χ1n) is 5.85. The van der Waals surface area contributed by atoms with Crippen molar-refractivity contribution in [1.82, 2.24) is 14.9 Å². The average molecular weight is 287 g/mol. The molecule has 0 fully saturated rings. The number of aryl methyl sites for hydroxylation is 1. The van der Waals surface area contributed by atoms with Crippen LogP contribution in [0.1, 0.15) is 23.0 Å². The number of imidazole rings is 1. The second-order valence-electron chi connectivity index (χ2n) is 4.36. The van der Waals surface area contributed by atoms with Crippen molar-refractivity contribution in [3.05, 3.63) is 53.4 Å². The maximum atomic E-state index is 13.3. The highest BCUT2D eigenvalue weighted by atomic mass is 19.4. The molecular formula is C13H13F4N3. The minimum atomic E-state index is -4.72. The largest absolute Gasteiger partial charge is 0.419 e. The van der Waals surface area contributed by atoms with Crippen LogP contribution in [0.15, 0.2) is 30.6 Å². The lowest BCUT2D eigenvalue weighted by Gasteiger charge is -2.18. The van der Waals surface area contributed by atoms with Crippen LogP contribution < -0.4 is 5.32 Å². The van der Waals surface area contributed by atoms with E-state index in [0.717, 1.165) is 12.1 Å². The summed E-state index contributed by atoms with van der Waals surface area (Å²) < 4.78 is 53.2. The molecule has 0 saturated carbocycles. The van der Waals surface area contributed by atoms with Crippen LogP contribution >= 0.6 is 0 Å².